The zero-order chi connectivity index (χ0) is 12.4. The highest BCUT2D eigenvalue weighted by Gasteiger charge is 2.21. The first kappa shape index (κ1) is 11.6. The largest absolute Gasteiger partial charge is 0.387 e. The SMILES string of the molecule is Cn1cncc1-c1noc(CC(O)C(F)F)n1. The van der Waals surface area contributed by atoms with E-state index in [4.69, 9.17) is 9.63 Å². The van der Waals surface area contributed by atoms with Crippen LogP contribution >= 0.6 is 0 Å². The Kier molecular flexibility index (Phi) is 3.14. The van der Waals surface area contributed by atoms with Gasteiger partial charge in [0.2, 0.25) is 11.7 Å². The van der Waals surface area contributed by atoms with Crippen molar-refractivity contribution in [3.63, 3.8) is 0 Å². The van der Waals surface area contributed by atoms with Gasteiger partial charge in [0.15, 0.2) is 0 Å². The molecule has 0 spiro atoms. The Morgan fingerprint density at radius 3 is 2.88 bits per heavy atom. The van der Waals surface area contributed by atoms with Gasteiger partial charge in [0.1, 0.15) is 11.8 Å². The predicted molar refractivity (Wildman–Crippen MR) is 52.2 cm³/mol. The molecular weight excluding hydrogens is 234 g/mol. The molecule has 8 heteroatoms. The van der Waals surface area contributed by atoms with E-state index in [1.54, 1.807) is 17.9 Å². The minimum absolute atomic E-state index is 0.0333. The number of aromatic nitrogens is 4. The van der Waals surface area contributed by atoms with E-state index in [1.165, 1.54) is 6.20 Å². The lowest BCUT2D eigenvalue weighted by molar-refractivity contribution is -0.00754. The lowest BCUT2D eigenvalue weighted by Gasteiger charge is -2.04. The lowest BCUT2D eigenvalue weighted by atomic mass is 10.2. The van der Waals surface area contributed by atoms with Crippen LogP contribution in [0.5, 0.6) is 0 Å². The molecule has 0 radical (unpaired) electrons. The number of imidazole rings is 1. The first-order chi connectivity index (χ1) is 8.08. The average molecular weight is 244 g/mol. The van der Waals surface area contributed by atoms with E-state index in [0.29, 0.717) is 5.69 Å². The molecule has 0 amide bonds. The molecule has 1 atom stereocenters. The molecule has 2 heterocycles. The minimum atomic E-state index is -2.83. The maximum atomic E-state index is 12.1. The molecule has 0 saturated carbocycles. The van der Waals surface area contributed by atoms with Crippen LogP contribution in [0.3, 0.4) is 0 Å². The highest BCUT2D eigenvalue weighted by molar-refractivity contribution is 5.46. The van der Waals surface area contributed by atoms with Crippen LogP contribution in [0.1, 0.15) is 5.89 Å². The fraction of sp³-hybridized carbons (Fsp3) is 0.444. The Bertz CT molecular complexity index is 497. The zero-order valence-corrected chi connectivity index (χ0v) is 8.92. The Morgan fingerprint density at radius 2 is 2.29 bits per heavy atom. The van der Waals surface area contributed by atoms with Crippen molar-refractivity contribution in [3.8, 4) is 11.5 Å². The van der Waals surface area contributed by atoms with Gasteiger partial charge in [0.25, 0.3) is 6.43 Å². The van der Waals surface area contributed by atoms with Gasteiger partial charge in [-0.25, -0.2) is 13.8 Å². The lowest BCUT2D eigenvalue weighted by Crippen LogP contribution is -2.20. The molecule has 92 valence electrons. The van der Waals surface area contributed by atoms with Gasteiger partial charge in [-0.2, -0.15) is 4.98 Å². The van der Waals surface area contributed by atoms with Crippen molar-refractivity contribution >= 4 is 0 Å². The van der Waals surface area contributed by atoms with E-state index in [0.717, 1.165) is 0 Å². The molecule has 2 aromatic heterocycles. The number of hydrogen-bond donors (Lipinski definition) is 1. The summed E-state index contributed by atoms with van der Waals surface area (Å²) in [5.74, 6) is 0.218. The number of nitrogens with zero attached hydrogens (tertiary/aromatic N) is 4. The monoisotopic (exact) mass is 244 g/mol. The van der Waals surface area contributed by atoms with E-state index >= 15 is 0 Å². The molecule has 2 rings (SSSR count). The van der Waals surface area contributed by atoms with Crippen LogP contribution in [0.15, 0.2) is 17.0 Å². The van der Waals surface area contributed by atoms with Crippen LogP contribution < -0.4 is 0 Å². The first-order valence-electron chi connectivity index (χ1n) is 4.83. The molecule has 2 aromatic rings. The molecule has 0 aromatic carbocycles. The smallest absolute Gasteiger partial charge is 0.264 e. The maximum Gasteiger partial charge on any atom is 0.264 e. The number of hydrogen-bond acceptors (Lipinski definition) is 5. The molecule has 0 aliphatic heterocycles. The standard InChI is InChI=1S/C9H10F2N4O2/c1-15-4-12-3-5(15)9-13-7(17-14-9)2-6(16)8(10)11/h3-4,6,8,16H,2H2,1H3. The van der Waals surface area contributed by atoms with Gasteiger partial charge in [-0.3, -0.25) is 0 Å². The van der Waals surface area contributed by atoms with E-state index in [1.807, 2.05) is 0 Å². The van der Waals surface area contributed by atoms with Crippen LogP contribution in [0, 0.1) is 0 Å². The summed E-state index contributed by atoms with van der Waals surface area (Å²) < 4.78 is 30.6. The van der Waals surface area contributed by atoms with Crippen LogP contribution in [0.2, 0.25) is 0 Å². The Hall–Kier alpha value is -1.83. The number of rotatable bonds is 4. The van der Waals surface area contributed by atoms with Gasteiger partial charge in [-0.1, -0.05) is 5.16 Å². The van der Waals surface area contributed by atoms with Crippen molar-refractivity contribution < 1.29 is 18.4 Å². The quantitative estimate of drug-likeness (QED) is 0.853. The predicted octanol–water partition coefficient (Wildman–Crippen LogP) is 0.639. The van der Waals surface area contributed by atoms with Gasteiger partial charge in [0, 0.05) is 7.05 Å². The third-order valence-corrected chi connectivity index (χ3v) is 2.19. The number of alkyl halides is 2. The van der Waals surface area contributed by atoms with Crippen molar-refractivity contribution in [2.24, 2.45) is 7.05 Å². The Balaban J connectivity index is 2.14. The van der Waals surface area contributed by atoms with Crippen molar-refractivity contribution in [2.75, 3.05) is 0 Å². The van der Waals surface area contributed by atoms with Crippen LogP contribution in [-0.4, -0.2) is 37.3 Å². The van der Waals surface area contributed by atoms with Crippen molar-refractivity contribution in [1.29, 1.82) is 0 Å². The Morgan fingerprint density at radius 1 is 1.53 bits per heavy atom. The highest BCUT2D eigenvalue weighted by atomic mass is 19.3. The third-order valence-electron chi connectivity index (χ3n) is 2.19. The maximum absolute atomic E-state index is 12.1. The second-order valence-electron chi connectivity index (χ2n) is 3.51. The molecule has 17 heavy (non-hydrogen) atoms. The number of aryl methyl sites for hydroxylation is 1. The second kappa shape index (κ2) is 4.58. The van der Waals surface area contributed by atoms with E-state index in [-0.39, 0.29) is 18.1 Å². The second-order valence-corrected chi connectivity index (χ2v) is 3.51. The summed E-state index contributed by atoms with van der Waals surface area (Å²) in [6.07, 6.45) is -1.92. The van der Waals surface area contributed by atoms with Crippen LogP contribution in [0.4, 0.5) is 8.78 Å². The van der Waals surface area contributed by atoms with Gasteiger partial charge in [-0.05, 0) is 0 Å². The van der Waals surface area contributed by atoms with Crippen molar-refractivity contribution in [1.82, 2.24) is 19.7 Å². The van der Waals surface area contributed by atoms with Crippen LogP contribution in [0.25, 0.3) is 11.5 Å². The average Bonchev–Trinajstić information content (AvgIpc) is 2.86. The van der Waals surface area contributed by atoms with E-state index in [9.17, 15) is 8.78 Å². The summed E-state index contributed by atoms with van der Waals surface area (Å²) in [4.78, 5) is 7.77. The van der Waals surface area contributed by atoms with Gasteiger partial charge < -0.3 is 14.2 Å². The molecule has 0 bridgehead atoms. The van der Waals surface area contributed by atoms with E-state index < -0.39 is 12.5 Å². The van der Waals surface area contributed by atoms with Gasteiger partial charge >= 0.3 is 0 Å². The third kappa shape index (κ3) is 2.47. The molecule has 0 fully saturated rings. The summed E-state index contributed by atoms with van der Waals surface area (Å²) >= 11 is 0. The normalized spacial score (nSPS) is 13.2. The number of aliphatic hydroxyl groups is 1. The van der Waals surface area contributed by atoms with Gasteiger partial charge in [0.05, 0.1) is 18.9 Å². The van der Waals surface area contributed by atoms with E-state index in [2.05, 4.69) is 15.1 Å². The van der Waals surface area contributed by atoms with Crippen LogP contribution in [-0.2, 0) is 13.5 Å². The molecular formula is C9H10F2N4O2. The highest BCUT2D eigenvalue weighted by Crippen LogP contribution is 2.15. The number of halogens is 2. The minimum Gasteiger partial charge on any atom is -0.387 e. The Labute approximate surface area is 94.9 Å². The first-order valence-corrected chi connectivity index (χ1v) is 4.83. The summed E-state index contributed by atoms with van der Waals surface area (Å²) in [5, 5.41) is 12.6. The van der Waals surface area contributed by atoms with Crippen molar-refractivity contribution in [2.45, 2.75) is 19.0 Å². The topological polar surface area (TPSA) is 77.0 Å². The summed E-state index contributed by atoms with van der Waals surface area (Å²) in [6, 6.07) is 0. The molecule has 0 saturated heterocycles. The molecule has 1 N–H and O–H groups in total. The summed E-state index contributed by atoms with van der Waals surface area (Å²) in [6.45, 7) is 0. The van der Waals surface area contributed by atoms with Gasteiger partial charge in [-0.15, -0.1) is 0 Å². The summed E-state index contributed by atoms with van der Waals surface area (Å²) in [7, 11) is 1.74. The number of aliphatic hydroxyl groups excluding tert-OH is 1. The fourth-order valence-corrected chi connectivity index (χ4v) is 1.28. The fourth-order valence-electron chi connectivity index (χ4n) is 1.28. The zero-order valence-electron chi connectivity index (χ0n) is 8.92. The molecule has 6 nitrogen and oxygen atoms in total. The van der Waals surface area contributed by atoms with Crippen molar-refractivity contribution in [3.05, 3.63) is 18.4 Å². The molecule has 0 aliphatic rings. The summed E-state index contributed by atoms with van der Waals surface area (Å²) in [5.41, 5.74) is 0.603. The molecule has 1 unspecified atom stereocenters. The molecule has 0 aliphatic carbocycles.